The number of carboxylic acid groups (broad SMARTS) is 2. The lowest BCUT2D eigenvalue weighted by Gasteiger charge is -2.34. The quantitative estimate of drug-likeness (QED) is 0.111. The Morgan fingerprint density at radius 1 is 0.627 bits per heavy atom. The maximum Gasteiger partial charge on any atom is 0.326 e. The van der Waals surface area contributed by atoms with Crippen molar-refractivity contribution in [3.05, 3.63) is 118 Å². The topological polar surface area (TPSA) is 208 Å². The number of benzene rings is 4. The van der Waals surface area contributed by atoms with E-state index >= 15 is 0 Å². The van der Waals surface area contributed by atoms with E-state index in [0.29, 0.717) is 16.7 Å². The first kappa shape index (κ1) is 34.3. The van der Waals surface area contributed by atoms with Gasteiger partial charge in [0.25, 0.3) is 23.6 Å². The summed E-state index contributed by atoms with van der Waals surface area (Å²) in [6.45, 7) is -1.15. The molecule has 4 N–H and O–H groups in total. The van der Waals surface area contributed by atoms with Crippen molar-refractivity contribution in [3.8, 4) is 0 Å². The van der Waals surface area contributed by atoms with Crippen LogP contribution in [0.25, 0.3) is 10.8 Å². The van der Waals surface area contributed by atoms with Crippen molar-refractivity contribution in [2.24, 2.45) is 0 Å². The molecule has 4 aromatic rings. The van der Waals surface area contributed by atoms with Crippen molar-refractivity contribution in [2.45, 2.75) is 31.0 Å². The molecule has 3 unspecified atom stereocenters. The molecule has 14 heteroatoms. The number of nitrogens with one attached hydrogen (secondary N) is 2. The standard InChI is InChI=1S/C37H30N4O10/c42-19-22(17-38-27(36(48)49)15-20-7-3-1-4-8-20)41-34(46)25-13-11-23-30-24(12-14-26(31(25)30)35(41)47)33(45)40(32(23)44)18-29(43)39-28(37(50)51)16-21-9-5-2-6-10-21/h1-14,19,22,27-28,38H,15-18H2,(H,39,43)(H,48,49)(H,50,51). The summed E-state index contributed by atoms with van der Waals surface area (Å²) in [6, 6.07) is 18.6. The van der Waals surface area contributed by atoms with Crippen molar-refractivity contribution in [3.63, 3.8) is 0 Å². The molecule has 6 rings (SSSR count). The molecule has 51 heavy (non-hydrogen) atoms. The first-order chi connectivity index (χ1) is 24.5. The van der Waals surface area contributed by atoms with Gasteiger partial charge in [0.15, 0.2) is 0 Å². The first-order valence-corrected chi connectivity index (χ1v) is 15.9. The smallest absolute Gasteiger partial charge is 0.326 e. The number of carbonyl (C=O) groups is 8. The fourth-order valence-electron chi connectivity index (χ4n) is 6.38. The van der Waals surface area contributed by atoms with Gasteiger partial charge in [0, 0.05) is 46.0 Å². The van der Waals surface area contributed by atoms with Gasteiger partial charge in [-0.25, -0.2) is 4.79 Å². The highest BCUT2D eigenvalue weighted by Crippen LogP contribution is 2.38. The summed E-state index contributed by atoms with van der Waals surface area (Å²) in [4.78, 5) is 105. The Kier molecular flexibility index (Phi) is 9.51. The minimum Gasteiger partial charge on any atom is -0.480 e. The van der Waals surface area contributed by atoms with Gasteiger partial charge >= 0.3 is 11.9 Å². The molecular weight excluding hydrogens is 660 g/mol. The molecule has 0 aliphatic carbocycles. The van der Waals surface area contributed by atoms with E-state index in [1.165, 1.54) is 24.3 Å². The van der Waals surface area contributed by atoms with Crippen LogP contribution < -0.4 is 10.6 Å². The van der Waals surface area contributed by atoms with Crippen LogP contribution >= 0.6 is 0 Å². The van der Waals surface area contributed by atoms with E-state index in [0.717, 1.165) is 10.5 Å². The van der Waals surface area contributed by atoms with E-state index in [9.17, 15) is 48.6 Å². The monoisotopic (exact) mass is 690 g/mol. The van der Waals surface area contributed by atoms with Gasteiger partial charge in [0.2, 0.25) is 5.91 Å². The number of aliphatic carboxylic acids is 2. The van der Waals surface area contributed by atoms with E-state index in [1.807, 2.05) is 0 Å². The Bertz CT molecular complexity index is 2050. The summed E-state index contributed by atoms with van der Waals surface area (Å²) in [5.74, 6) is -6.95. The predicted octanol–water partition coefficient (Wildman–Crippen LogP) is 1.70. The summed E-state index contributed by atoms with van der Waals surface area (Å²) >= 11 is 0. The maximum absolute atomic E-state index is 13.8. The average molecular weight is 691 g/mol. The highest BCUT2D eigenvalue weighted by Gasteiger charge is 2.42. The number of hydrogen-bond donors (Lipinski definition) is 4. The molecule has 0 fully saturated rings. The van der Waals surface area contributed by atoms with Gasteiger partial charge in [0.05, 0.1) is 0 Å². The number of imide groups is 2. The third-order valence-electron chi connectivity index (χ3n) is 8.87. The van der Waals surface area contributed by atoms with Gasteiger partial charge in [-0.3, -0.25) is 38.6 Å². The zero-order valence-electron chi connectivity index (χ0n) is 26.8. The van der Waals surface area contributed by atoms with Crippen molar-refractivity contribution in [1.82, 2.24) is 20.4 Å². The highest BCUT2D eigenvalue weighted by atomic mass is 16.4. The lowest BCUT2D eigenvalue weighted by atomic mass is 9.85. The molecule has 5 amide bonds. The highest BCUT2D eigenvalue weighted by molar-refractivity contribution is 6.33. The minimum absolute atomic E-state index is 0.0279. The predicted molar refractivity (Wildman–Crippen MR) is 179 cm³/mol. The number of nitrogens with zero attached hydrogens (tertiary/aromatic N) is 2. The Hall–Kier alpha value is -6.54. The van der Waals surface area contributed by atoms with Crippen molar-refractivity contribution in [1.29, 1.82) is 0 Å². The van der Waals surface area contributed by atoms with E-state index in [-0.39, 0.29) is 52.4 Å². The molecule has 258 valence electrons. The summed E-state index contributed by atoms with van der Waals surface area (Å²) in [7, 11) is 0. The number of hydrogen-bond acceptors (Lipinski definition) is 9. The van der Waals surface area contributed by atoms with Crippen LogP contribution in [0.15, 0.2) is 84.9 Å². The number of carbonyl (C=O) groups excluding carboxylic acids is 6. The largest absolute Gasteiger partial charge is 0.480 e. The third kappa shape index (κ3) is 6.59. The number of aldehydes is 1. The second-order valence-electron chi connectivity index (χ2n) is 12.1. The molecule has 4 aromatic carbocycles. The molecule has 2 aliphatic rings. The fourth-order valence-corrected chi connectivity index (χ4v) is 6.38. The lowest BCUT2D eigenvalue weighted by Crippen LogP contribution is -2.54. The van der Waals surface area contributed by atoms with Gasteiger partial charge in [-0.2, -0.15) is 0 Å². The zero-order valence-corrected chi connectivity index (χ0v) is 26.8. The van der Waals surface area contributed by atoms with Crippen LogP contribution in [0, 0.1) is 0 Å². The van der Waals surface area contributed by atoms with Crippen molar-refractivity contribution in [2.75, 3.05) is 13.1 Å². The molecule has 0 aromatic heterocycles. The third-order valence-corrected chi connectivity index (χ3v) is 8.87. The minimum atomic E-state index is -1.40. The normalized spacial score (nSPS) is 15.4. The van der Waals surface area contributed by atoms with Gasteiger partial charge < -0.3 is 25.6 Å². The van der Waals surface area contributed by atoms with Crippen molar-refractivity contribution < 1.29 is 48.6 Å². The molecule has 2 heterocycles. The fraction of sp³-hybridized carbons (Fsp3) is 0.189. The van der Waals surface area contributed by atoms with Crippen LogP contribution in [-0.4, -0.2) is 99.0 Å². The summed E-state index contributed by atoms with van der Waals surface area (Å²) in [6.07, 6.45) is 0.403. The van der Waals surface area contributed by atoms with E-state index in [2.05, 4.69) is 10.6 Å². The van der Waals surface area contributed by atoms with E-state index in [4.69, 9.17) is 0 Å². The second-order valence-corrected chi connectivity index (χ2v) is 12.1. The van der Waals surface area contributed by atoms with Gasteiger partial charge in [-0.15, -0.1) is 0 Å². The van der Waals surface area contributed by atoms with Crippen LogP contribution in [-0.2, 0) is 32.0 Å². The van der Waals surface area contributed by atoms with Gasteiger partial charge in [-0.05, 0) is 41.8 Å². The SMILES string of the molecule is O=CC(CNC(Cc1ccccc1)C(=O)O)N1C(=O)c2ccc3c4c(ccc(c24)C1=O)C(=O)N(CC(=O)NC(Cc1ccccc1)C(=O)O)C3=O. The molecular formula is C37H30N4O10. The average Bonchev–Trinajstić information content (AvgIpc) is 3.12. The zero-order chi connectivity index (χ0) is 36.4. The maximum atomic E-state index is 13.8. The number of rotatable bonds is 14. The van der Waals surface area contributed by atoms with Crippen LogP contribution in [0.1, 0.15) is 52.6 Å². The Morgan fingerprint density at radius 2 is 1.06 bits per heavy atom. The van der Waals surface area contributed by atoms with Crippen LogP contribution in [0.5, 0.6) is 0 Å². The molecule has 0 saturated carbocycles. The Morgan fingerprint density at radius 3 is 1.49 bits per heavy atom. The number of carboxylic acids is 2. The van der Waals surface area contributed by atoms with Gasteiger partial charge in [0.1, 0.15) is 31.0 Å². The van der Waals surface area contributed by atoms with Crippen LogP contribution in [0.4, 0.5) is 0 Å². The first-order valence-electron chi connectivity index (χ1n) is 15.9. The molecule has 0 spiro atoms. The van der Waals surface area contributed by atoms with E-state index < -0.39 is 66.1 Å². The molecule has 14 nitrogen and oxygen atoms in total. The molecule has 0 radical (unpaired) electrons. The number of amides is 5. The summed E-state index contributed by atoms with van der Waals surface area (Å²) in [5, 5.41) is 24.6. The second kappa shape index (κ2) is 14.1. The molecule has 0 saturated heterocycles. The summed E-state index contributed by atoms with van der Waals surface area (Å²) in [5.41, 5.74) is 1.11. The van der Waals surface area contributed by atoms with Crippen molar-refractivity contribution >= 4 is 58.5 Å². The molecule has 3 atom stereocenters. The van der Waals surface area contributed by atoms with E-state index in [1.54, 1.807) is 60.7 Å². The summed E-state index contributed by atoms with van der Waals surface area (Å²) < 4.78 is 0. The Labute approximate surface area is 289 Å². The lowest BCUT2D eigenvalue weighted by molar-refractivity contribution is -0.141. The molecule has 2 aliphatic heterocycles. The molecule has 0 bridgehead atoms. The van der Waals surface area contributed by atoms with Gasteiger partial charge in [-0.1, -0.05) is 60.7 Å². The van der Waals surface area contributed by atoms with Crippen LogP contribution in [0.3, 0.4) is 0 Å². The van der Waals surface area contributed by atoms with Crippen LogP contribution in [0.2, 0.25) is 0 Å². The Balaban J connectivity index is 1.23.